The molecule has 1 heterocycles. The van der Waals surface area contributed by atoms with Crippen molar-refractivity contribution in [2.24, 2.45) is 5.73 Å². The second-order valence-electron chi connectivity index (χ2n) is 6.78. The summed E-state index contributed by atoms with van der Waals surface area (Å²) in [4.78, 5) is 27.9. The van der Waals surface area contributed by atoms with E-state index >= 15 is 0 Å². The van der Waals surface area contributed by atoms with Crippen LogP contribution in [0.1, 0.15) is 45.5 Å². The molecule has 0 unspecified atom stereocenters. The number of benzene rings is 2. The fourth-order valence-electron chi connectivity index (χ4n) is 3.36. The molecule has 0 saturated carbocycles. The average molecular weight is 384 g/mol. The molecule has 0 spiro atoms. The summed E-state index contributed by atoms with van der Waals surface area (Å²) in [5.41, 5.74) is 8.95. The molecule has 3 rings (SSSR count). The van der Waals surface area contributed by atoms with E-state index in [2.05, 4.69) is 10.2 Å². The first-order chi connectivity index (χ1) is 13.0. The number of thioether (sulfide) groups is 1. The monoisotopic (exact) mass is 383 g/mol. The van der Waals surface area contributed by atoms with Gasteiger partial charge in [0.25, 0.3) is 5.91 Å². The number of primary amides is 1. The minimum Gasteiger partial charge on any atom is -0.370 e. The zero-order valence-corrected chi connectivity index (χ0v) is 16.6. The van der Waals surface area contributed by atoms with Crippen molar-refractivity contribution < 1.29 is 9.59 Å². The largest absolute Gasteiger partial charge is 0.370 e. The van der Waals surface area contributed by atoms with Gasteiger partial charge in [0.05, 0.1) is 11.4 Å². The number of aryl methyl sites for hydroxylation is 1. The molecule has 0 aliphatic carbocycles. The van der Waals surface area contributed by atoms with Gasteiger partial charge >= 0.3 is 0 Å². The van der Waals surface area contributed by atoms with Crippen molar-refractivity contribution in [3.8, 4) is 0 Å². The Morgan fingerprint density at radius 1 is 1.07 bits per heavy atom. The third-order valence-corrected chi connectivity index (χ3v) is 5.64. The lowest BCUT2D eigenvalue weighted by Crippen LogP contribution is -2.30. The maximum absolute atomic E-state index is 13.0. The summed E-state index contributed by atoms with van der Waals surface area (Å²) < 4.78 is 0. The Bertz CT molecular complexity index is 861. The van der Waals surface area contributed by atoms with Gasteiger partial charge in [0.2, 0.25) is 5.91 Å². The number of hydrogen-bond acceptors (Lipinski definition) is 4. The SMILES string of the molecule is CSc1ccc(C)c(C(=O)Nc2cc(C(N)=O)ccc2N2CCCCC2)c1. The number of nitrogens with zero attached hydrogens (tertiary/aromatic N) is 1. The van der Waals surface area contributed by atoms with Crippen molar-refractivity contribution in [1.82, 2.24) is 0 Å². The maximum Gasteiger partial charge on any atom is 0.256 e. The summed E-state index contributed by atoms with van der Waals surface area (Å²) >= 11 is 1.60. The fraction of sp³-hybridized carbons (Fsp3) is 0.333. The third kappa shape index (κ3) is 4.45. The van der Waals surface area contributed by atoms with Crippen molar-refractivity contribution in [3.63, 3.8) is 0 Å². The van der Waals surface area contributed by atoms with Crippen LogP contribution in [0.3, 0.4) is 0 Å². The number of nitrogens with two attached hydrogens (primary N) is 1. The lowest BCUT2D eigenvalue weighted by atomic mass is 10.1. The van der Waals surface area contributed by atoms with Gasteiger partial charge in [0.1, 0.15) is 0 Å². The second-order valence-corrected chi connectivity index (χ2v) is 7.66. The quantitative estimate of drug-likeness (QED) is 0.764. The third-order valence-electron chi connectivity index (χ3n) is 4.92. The van der Waals surface area contributed by atoms with Crippen LogP contribution < -0.4 is 16.0 Å². The number of nitrogens with one attached hydrogen (secondary N) is 1. The molecule has 1 fully saturated rings. The number of anilines is 2. The van der Waals surface area contributed by atoms with E-state index in [0.29, 0.717) is 16.8 Å². The van der Waals surface area contributed by atoms with Gasteiger partial charge in [-0.05, 0) is 68.3 Å². The number of carbonyl (C=O) groups excluding carboxylic acids is 2. The zero-order chi connectivity index (χ0) is 19.4. The van der Waals surface area contributed by atoms with E-state index in [1.807, 2.05) is 37.4 Å². The van der Waals surface area contributed by atoms with E-state index in [9.17, 15) is 9.59 Å². The molecule has 27 heavy (non-hydrogen) atoms. The van der Waals surface area contributed by atoms with Crippen molar-refractivity contribution in [3.05, 3.63) is 53.1 Å². The number of carbonyl (C=O) groups is 2. The van der Waals surface area contributed by atoms with Crippen LogP contribution in [0.2, 0.25) is 0 Å². The van der Waals surface area contributed by atoms with E-state index in [-0.39, 0.29) is 5.91 Å². The highest BCUT2D eigenvalue weighted by Crippen LogP contribution is 2.30. The Morgan fingerprint density at radius 2 is 1.81 bits per heavy atom. The van der Waals surface area contributed by atoms with Gasteiger partial charge in [0, 0.05) is 29.1 Å². The standard InChI is InChI=1S/C21H25N3O2S/c1-14-6-8-16(27-2)13-17(14)21(26)23-18-12-15(20(22)25)7-9-19(18)24-10-4-3-5-11-24/h6-9,12-13H,3-5,10-11H2,1-2H3,(H2,22,25)(H,23,26). The molecule has 6 heteroatoms. The van der Waals surface area contributed by atoms with Crippen molar-refractivity contribution in [1.29, 1.82) is 0 Å². The lowest BCUT2D eigenvalue weighted by Gasteiger charge is -2.30. The van der Waals surface area contributed by atoms with Crippen molar-refractivity contribution in [2.75, 3.05) is 29.6 Å². The van der Waals surface area contributed by atoms with E-state index in [1.54, 1.807) is 23.9 Å². The zero-order valence-electron chi connectivity index (χ0n) is 15.7. The number of piperidine rings is 1. The van der Waals surface area contributed by atoms with E-state index in [1.165, 1.54) is 6.42 Å². The van der Waals surface area contributed by atoms with Gasteiger partial charge in [-0.15, -0.1) is 11.8 Å². The molecular weight excluding hydrogens is 358 g/mol. The Kier molecular flexibility index (Phi) is 6.06. The Labute approximate surface area is 164 Å². The minimum atomic E-state index is -0.503. The first-order valence-corrected chi connectivity index (χ1v) is 10.4. The van der Waals surface area contributed by atoms with Crippen LogP contribution in [0, 0.1) is 6.92 Å². The predicted octanol–water partition coefficient (Wildman–Crippen LogP) is 4.06. The van der Waals surface area contributed by atoms with Crippen LogP contribution in [-0.4, -0.2) is 31.2 Å². The Morgan fingerprint density at radius 3 is 2.48 bits per heavy atom. The summed E-state index contributed by atoms with van der Waals surface area (Å²) in [6.07, 6.45) is 5.45. The molecule has 2 aromatic rings. The van der Waals surface area contributed by atoms with E-state index < -0.39 is 5.91 Å². The molecule has 1 aliphatic rings. The van der Waals surface area contributed by atoms with Crippen LogP contribution in [-0.2, 0) is 0 Å². The summed E-state index contributed by atoms with van der Waals surface area (Å²) in [6, 6.07) is 11.1. The van der Waals surface area contributed by atoms with Crippen LogP contribution >= 0.6 is 11.8 Å². The molecule has 1 saturated heterocycles. The van der Waals surface area contributed by atoms with Crippen molar-refractivity contribution in [2.45, 2.75) is 31.1 Å². The number of rotatable bonds is 5. The summed E-state index contributed by atoms with van der Waals surface area (Å²) in [7, 11) is 0. The Hall–Kier alpha value is -2.47. The first kappa shape index (κ1) is 19.3. The van der Waals surface area contributed by atoms with Crippen molar-refractivity contribution >= 4 is 35.0 Å². The highest BCUT2D eigenvalue weighted by molar-refractivity contribution is 7.98. The smallest absolute Gasteiger partial charge is 0.256 e. The molecule has 0 bridgehead atoms. The predicted molar refractivity (Wildman–Crippen MR) is 112 cm³/mol. The molecule has 0 aromatic heterocycles. The van der Waals surface area contributed by atoms with Gasteiger partial charge in [-0.2, -0.15) is 0 Å². The van der Waals surface area contributed by atoms with Gasteiger partial charge in [-0.1, -0.05) is 6.07 Å². The molecule has 5 nitrogen and oxygen atoms in total. The minimum absolute atomic E-state index is 0.178. The molecule has 0 atom stereocenters. The molecule has 3 N–H and O–H groups in total. The maximum atomic E-state index is 13.0. The fourth-order valence-corrected chi connectivity index (χ4v) is 3.80. The highest BCUT2D eigenvalue weighted by atomic mass is 32.2. The van der Waals surface area contributed by atoms with Gasteiger partial charge in [-0.25, -0.2) is 0 Å². The number of amides is 2. The molecule has 142 valence electrons. The molecular formula is C21H25N3O2S. The van der Waals surface area contributed by atoms with Gasteiger partial charge in [-0.3, -0.25) is 9.59 Å². The van der Waals surface area contributed by atoms with Gasteiger partial charge in [0.15, 0.2) is 0 Å². The summed E-state index contributed by atoms with van der Waals surface area (Å²) in [5.74, 6) is -0.681. The molecule has 1 aliphatic heterocycles. The summed E-state index contributed by atoms with van der Waals surface area (Å²) in [6.45, 7) is 3.81. The lowest BCUT2D eigenvalue weighted by molar-refractivity contribution is 0.0996. The average Bonchev–Trinajstić information content (AvgIpc) is 2.68. The van der Waals surface area contributed by atoms with Crippen LogP contribution in [0.25, 0.3) is 0 Å². The first-order valence-electron chi connectivity index (χ1n) is 9.14. The van der Waals surface area contributed by atoms with Crippen LogP contribution in [0.4, 0.5) is 11.4 Å². The second kappa shape index (κ2) is 8.48. The molecule has 0 radical (unpaired) electrons. The van der Waals surface area contributed by atoms with E-state index in [0.717, 1.165) is 42.1 Å². The van der Waals surface area contributed by atoms with Crippen LogP contribution in [0.5, 0.6) is 0 Å². The van der Waals surface area contributed by atoms with Gasteiger partial charge < -0.3 is 16.0 Å². The highest BCUT2D eigenvalue weighted by Gasteiger charge is 2.19. The number of hydrogen-bond donors (Lipinski definition) is 2. The van der Waals surface area contributed by atoms with E-state index in [4.69, 9.17) is 5.73 Å². The summed E-state index contributed by atoms with van der Waals surface area (Å²) in [5, 5.41) is 3.01. The normalized spacial score (nSPS) is 14.1. The van der Waals surface area contributed by atoms with Crippen LogP contribution in [0.15, 0.2) is 41.3 Å². The Balaban J connectivity index is 1.95. The molecule has 2 aromatic carbocycles. The molecule has 2 amide bonds. The topological polar surface area (TPSA) is 75.4 Å².